The van der Waals surface area contributed by atoms with Crippen molar-refractivity contribution in [2.24, 2.45) is 0 Å². The number of methoxy groups -OCH3 is 1. The number of nitrogens with one attached hydrogen (secondary N) is 1. The summed E-state index contributed by atoms with van der Waals surface area (Å²) in [4.78, 5) is 23.7. The molecule has 0 aliphatic rings. The Morgan fingerprint density at radius 3 is 2.48 bits per heavy atom. The van der Waals surface area contributed by atoms with Crippen LogP contribution in [0.25, 0.3) is 0 Å². The lowest BCUT2D eigenvalue weighted by atomic mass is 10.0. The van der Waals surface area contributed by atoms with Gasteiger partial charge in [-0.05, 0) is 35.9 Å². The van der Waals surface area contributed by atoms with Crippen molar-refractivity contribution in [1.82, 2.24) is 5.32 Å². The summed E-state index contributed by atoms with van der Waals surface area (Å²) >= 11 is 5.99. The van der Waals surface area contributed by atoms with Gasteiger partial charge >= 0.3 is 12.1 Å². The second kappa shape index (κ2) is 8.30. The van der Waals surface area contributed by atoms with Gasteiger partial charge < -0.3 is 15.2 Å². The van der Waals surface area contributed by atoms with Gasteiger partial charge in [-0.3, -0.25) is 4.79 Å². The zero-order valence-corrected chi connectivity index (χ0v) is 14.8. The summed E-state index contributed by atoms with van der Waals surface area (Å²) in [6, 6.07) is 7.01. The Morgan fingerprint density at radius 1 is 1.22 bits per heavy atom. The minimum atomic E-state index is -4.61. The third-order valence-electron chi connectivity index (χ3n) is 3.71. The Labute approximate surface area is 157 Å². The first-order valence-corrected chi connectivity index (χ1v) is 8.03. The molecule has 1 atom stereocenters. The van der Waals surface area contributed by atoms with Crippen molar-refractivity contribution in [2.45, 2.75) is 18.6 Å². The highest BCUT2D eigenvalue weighted by molar-refractivity contribution is 6.32. The summed E-state index contributed by atoms with van der Waals surface area (Å²) in [6.07, 6.45) is -4.72. The average Bonchev–Trinajstić information content (AvgIpc) is 2.60. The number of carboxylic acids is 1. The molecule has 0 radical (unpaired) electrons. The van der Waals surface area contributed by atoms with Crippen LogP contribution >= 0.6 is 11.6 Å². The summed E-state index contributed by atoms with van der Waals surface area (Å²) in [5.41, 5.74) is -0.773. The molecule has 1 amide bonds. The first-order valence-electron chi connectivity index (χ1n) is 7.65. The van der Waals surface area contributed by atoms with Gasteiger partial charge in [0.1, 0.15) is 11.8 Å². The minimum absolute atomic E-state index is 0.107. The van der Waals surface area contributed by atoms with Gasteiger partial charge in [-0.2, -0.15) is 13.2 Å². The fourth-order valence-corrected chi connectivity index (χ4v) is 2.63. The maximum atomic E-state index is 12.8. The van der Waals surface area contributed by atoms with E-state index in [-0.39, 0.29) is 17.0 Å². The molecule has 2 N–H and O–H groups in total. The van der Waals surface area contributed by atoms with Crippen LogP contribution in [-0.4, -0.2) is 30.1 Å². The molecule has 0 heterocycles. The topological polar surface area (TPSA) is 75.6 Å². The molecule has 0 saturated carbocycles. The van der Waals surface area contributed by atoms with Gasteiger partial charge in [0.05, 0.1) is 17.7 Å². The van der Waals surface area contributed by atoms with Crippen LogP contribution in [0, 0.1) is 0 Å². The molecular formula is C18H15ClF3NO4. The molecule has 0 unspecified atom stereocenters. The van der Waals surface area contributed by atoms with Crippen molar-refractivity contribution in [2.75, 3.05) is 7.11 Å². The highest BCUT2D eigenvalue weighted by Crippen LogP contribution is 2.29. The molecule has 0 spiro atoms. The van der Waals surface area contributed by atoms with Crippen LogP contribution in [0.3, 0.4) is 0 Å². The summed E-state index contributed by atoms with van der Waals surface area (Å²) in [6.45, 7) is 0. The highest BCUT2D eigenvalue weighted by Gasteiger charge is 2.31. The molecule has 0 bridgehead atoms. The quantitative estimate of drug-likeness (QED) is 0.772. The number of hydrogen-bond acceptors (Lipinski definition) is 3. The molecule has 5 nitrogen and oxygen atoms in total. The Balaban J connectivity index is 2.17. The largest absolute Gasteiger partial charge is 0.495 e. The van der Waals surface area contributed by atoms with E-state index < -0.39 is 29.7 Å². The van der Waals surface area contributed by atoms with Crippen molar-refractivity contribution in [3.8, 4) is 5.75 Å². The molecule has 2 aromatic carbocycles. The maximum absolute atomic E-state index is 12.8. The highest BCUT2D eigenvalue weighted by atomic mass is 35.5. The number of ether oxygens (including phenoxy) is 1. The van der Waals surface area contributed by atoms with Crippen molar-refractivity contribution >= 4 is 23.5 Å². The Bertz CT molecular complexity index is 855. The fraction of sp³-hybridized carbons (Fsp3) is 0.222. The van der Waals surface area contributed by atoms with E-state index in [4.69, 9.17) is 16.3 Å². The lowest BCUT2D eigenvalue weighted by Crippen LogP contribution is -2.42. The molecule has 0 aromatic heterocycles. The number of halogens is 4. The maximum Gasteiger partial charge on any atom is 0.416 e. The number of carboxylic acid groups (broad SMARTS) is 1. The van der Waals surface area contributed by atoms with Crippen LogP contribution in [0.4, 0.5) is 13.2 Å². The van der Waals surface area contributed by atoms with Gasteiger partial charge in [0.15, 0.2) is 0 Å². The SMILES string of the molecule is COc1ccc(C[C@@H](NC(=O)c2cccc(C(F)(F)F)c2)C(=O)O)cc1Cl. The summed E-state index contributed by atoms with van der Waals surface area (Å²) in [5.74, 6) is -1.85. The van der Waals surface area contributed by atoms with E-state index >= 15 is 0 Å². The van der Waals surface area contributed by atoms with Gasteiger partial charge in [0.25, 0.3) is 5.91 Å². The number of carbonyl (C=O) groups is 2. The molecule has 2 rings (SSSR count). The van der Waals surface area contributed by atoms with Crippen molar-refractivity contribution < 1.29 is 32.6 Å². The van der Waals surface area contributed by atoms with E-state index in [1.807, 2.05) is 0 Å². The van der Waals surface area contributed by atoms with Gasteiger partial charge in [-0.15, -0.1) is 0 Å². The normalized spacial score (nSPS) is 12.3. The molecule has 144 valence electrons. The monoisotopic (exact) mass is 401 g/mol. The second-order valence-electron chi connectivity index (χ2n) is 5.62. The molecule has 0 aliphatic heterocycles. The van der Waals surface area contributed by atoms with Crippen LogP contribution < -0.4 is 10.1 Å². The van der Waals surface area contributed by atoms with Gasteiger partial charge in [0, 0.05) is 12.0 Å². The van der Waals surface area contributed by atoms with Crippen molar-refractivity contribution in [1.29, 1.82) is 0 Å². The third-order valence-corrected chi connectivity index (χ3v) is 4.01. The van der Waals surface area contributed by atoms with Crippen molar-refractivity contribution in [3.05, 3.63) is 64.2 Å². The number of benzene rings is 2. The lowest BCUT2D eigenvalue weighted by molar-refractivity contribution is -0.139. The number of aliphatic carboxylic acids is 1. The van der Waals surface area contributed by atoms with E-state index in [0.29, 0.717) is 17.4 Å². The van der Waals surface area contributed by atoms with Crippen LogP contribution in [-0.2, 0) is 17.4 Å². The lowest BCUT2D eigenvalue weighted by Gasteiger charge is -2.16. The van der Waals surface area contributed by atoms with Crippen LogP contribution in [0.5, 0.6) is 5.75 Å². The molecule has 27 heavy (non-hydrogen) atoms. The first-order chi connectivity index (χ1) is 12.6. The van der Waals surface area contributed by atoms with Gasteiger partial charge in [-0.1, -0.05) is 23.7 Å². The predicted octanol–water partition coefficient (Wildman–Crippen LogP) is 3.79. The third kappa shape index (κ3) is 5.37. The Hall–Kier alpha value is -2.74. The number of carbonyl (C=O) groups excluding carboxylic acids is 1. The van der Waals surface area contributed by atoms with Crippen molar-refractivity contribution in [3.63, 3.8) is 0 Å². The van der Waals surface area contributed by atoms with E-state index in [0.717, 1.165) is 12.1 Å². The van der Waals surface area contributed by atoms with Crippen LogP contribution in [0.15, 0.2) is 42.5 Å². The zero-order chi connectivity index (χ0) is 20.2. The van der Waals surface area contributed by atoms with E-state index in [9.17, 15) is 27.9 Å². The molecular weight excluding hydrogens is 387 g/mol. The number of alkyl halides is 3. The summed E-state index contributed by atoms with van der Waals surface area (Å²) < 4.78 is 43.3. The smallest absolute Gasteiger partial charge is 0.416 e. The summed E-state index contributed by atoms with van der Waals surface area (Å²) in [5, 5.41) is 11.8. The standard InChI is InChI=1S/C18H15ClF3NO4/c1-27-15-6-5-10(7-13(15)19)8-14(17(25)26)23-16(24)11-3-2-4-12(9-11)18(20,21)22/h2-7,9,14H,8H2,1H3,(H,23,24)(H,25,26)/t14-/m1/s1. The molecule has 0 saturated heterocycles. The molecule has 9 heteroatoms. The second-order valence-corrected chi connectivity index (χ2v) is 6.02. The van der Waals surface area contributed by atoms with E-state index in [1.54, 1.807) is 12.1 Å². The Kier molecular flexibility index (Phi) is 6.32. The number of amides is 1. The molecule has 2 aromatic rings. The minimum Gasteiger partial charge on any atom is -0.495 e. The zero-order valence-electron chi connectivity index (χ0n) is 14.0. The van der Waals surface area contributed by atoms with E-state index in [1.165, 1.54) is 19.2 Å². The number of rotatable bonds is 6. The molecule has 0 aliphatic carbocycles. The Morgan fingerprint density at radius 2 is 1.93 bits per heavy atom. The predicted molar refractivity (Wildman–Crippen MR) is 92.0 cm³/mol. The van der Waals surface area contributed by atoms with Crippen LogP contribution in [0.2, 0.25) is 5.02 Å². The van der Waals surface area contributed by atoms with Gasteiger partial charge in [-0.25, -0.2) is 4.79 Å². The van der Waals surface area contributed by atoms with Gasteiger partial charge in [0.2, 0.25) is 0 Å². The average molecular weight is 402 g/mol. The van der Waals surface area contributed by atoms with E-state index in [2.05, 4.69) is 5.32 Å². The number of hydrogen-bond donors (Lipinski definition) is 2. The molecule has 0 fully saturated rings. The van der Waals surface area contributed by atoms with Crippen LogP contribution in [0.1, 0.15) is 21.5 Å². The first kappa shape index (κ1) is 20.6. The fourth-order valence-electron chi connectivity index (χ4n) is 2.35. The summed E-state index contributed by atoms with van der Waals surface area (Å²) in [7, 11) is 1.43.